The number of aliphatic hydroxyl groups is 1. The molecule has 49 heavy (non-hydrogen) atoms. The van der Waals surface area contributed by atoms with E-state index in [1.807, 2.05) is 0 Å². The smallest absolute Gasteiger partial charge is 0.423 e. The molecule has 0 radical (unpaired) electrons. The Kier molecular flexibility index (Phi) is 10.8. The molecule has 1 unspecified atom stereocenters. The van der Waals surface area contributed by atoms with E-state index in [2.05, 4.69) is 20.6 Å². The van der Waals surface area contributed by atoms with Crippen LogP contribution >= 0.6 is 0 Å². The van der Waals surface area contributed by atoms with Crippen molar-refractivity contribution in [3.63, 3.8) is 0 Å². The Morgan fingerprint density at radius 1 is 1.00 bits per heavy atom. The lowest BCUT2D eigenvalue weighted by atomic mass is 9.85. The summed E-state index contributed by atoms with van der Waals surface area (Å²) in [4.78, 5) is 33.0. The van der Waals surface area contributed by atoms with Gasteiger partial charge in [0.15, 0.2) is 12.3 Å². The van der Waals surface area contributed by atoms with Crippen molar-refractivity contribution >= 4 is 34.6 Å². The van der Waals surface area contributed by atoms with Gasteiger partial charge in [0.25, 0.3) is 18.2 Å². The van der Waals surface area contributed by atoms with E-state index in [0.717, 1.165) is 22.8 Å². The molecule has 2 aromatic heterocycles. The van der Waals surface area contributed by atoms with E-state index in [-0.39, 0.29) is 48.4 Å². The maximum atomic E-state index is 13.9. The topological polar surface area (TPSA) is 130 Å². The van der Waals surface area contributed by atoms with Crippen molar-refractivity contribution in [2.24, 2.45) is 13.0 Å². The quantitative estimate of drug-likeness (QED) is 0.196. The molecule has 10 nitrogen and oxygen atoms in total. The molecule has 0 saturated heterocycles. The Bertz CT molecular complexity index is 1670. The minimum atomic E-state index is -5.29. The first-order valence-corrected chi connectivity index (χ1v) is 14.3. The van der Waals surface area contributed by atoms with Gasteiger partial charge in [-0.1, -0.05) is 6.07 Å². The second-order valence-electron chi connectivity index (χ2n) is 11.1. The number of ether oxygens (including phenoxy) is 1. The van der Waals surface area contributed by atoms with Gasteiger partial charge >= 0.3 is 18.5 Å². The number of carbonyl (C=O) groups excluding carboxylic acids is 2. The number of nitrogens with zero attached hydrogens (tertiary/aromatic N) is 3. The van der Waals surface area contributed by atoms with E-state index in [9.17, 15) is 57.9 Å². The highest BCUT2D eigenvalue weighted by atomic mass is 19.4. The SMILES string of the molecule is Cn1c(Nc2cc(CNC(=O)C(O)C(F)(F)F)ccc2C(F)(F)F)nc2cc(C(=O)N[C@H]3CC[C@H](C(F)(F)F)CC3)c(OCC(F)F)nc21. The minimum Gasteiger partial charge on any atom is -0.471 e. The van der Waals surface area contributed by atoms with E-state index in [0.29, 0.717) is 6.07 Å². The molecule has 2 heterocycles. The van der Waals surface area contributed by atoms with Gasteiger partial charge in [-0.15, -0.1) is 0 Å². The Hall–Kier alpha value is -4.43. The number of aromatic nitrogens is 3. The van der Waals surface area contributed by atoms with E-state index in [1.54, 1.807) is 5.32 Å². The molecule has 1 saturated carbocycles. The van der Waals surface area contributed by atoms with Crippen molar-refractivity contribution in [1.82, 2.24) is 25.2 Å². The summed E-state index contributed by atoms with van der Waals surface area (Å²) in [7, 11) is 1.26. The number of amides is 2. The molecule has 2 amide bonds. The first kappa shape index (κ1) is 37.4. The van der Waals surface area contributed by atoms with Crippen molar-refractivity contribution in [2.45, 2.75) is 69.3 Å². The Morgan fingerprint density at radius 2 is 1.65 bits per heavy atom. The number of benzene rings is 1. The third-order valence-corrected chi connectivity index (χ3v) is 7.59. The van der Waals surface area contributed by atoms with Gasteiger partial charge in [-0.25, -0.2) is 13.8 Å². The number of fused-ring (bicyclic) bond motifs is 1. The van der Waals surface area contributed by atoms with Crippen LogP contribution in [0, 0.1) is 5.92 Å². The number of nitrogens with one attached hydrogen (secondary N) is 3. The lowest BCUT2D eigenvalue weighted by Crippen LogP contribution is -2.43. The van der Waals surface area contributed by atoms with Gasteiger partial charge in [0.2, 0.25) is 17.9 Å². The van der Waals surface area contributed by atoms with Crippen LogP contribution in [-0.2, 0) is 24.6 Å². The fourth-order valence-corrected chi connectivity index (χ4v) is 5.06. The second kappa shape index (κ2) is 14.2. The summed E-state index contributed by atoms with van der Waals surface area (Å²) in [6.07, 6.45) is -21.6. The lowest BCUT2D eigenvalue weighted by molar-refractivity contribution is -0.205. The first-order valence-electron chi connectivity index (χ1n) is 14.3. The van der Waals surface area contributed by atoms with Gasteiger partial charge in [0, 0.05) is 19.6 Å². The molecule has 0 bridgehead atoms. The Labute approximate surface area is 269 Å². The highest BCUT2D eigenvalue weighted by Crippen LogP contribution is 2.39. The van der Waals surface area contributed by atoms with Gasteiger partial charge in [-0.2, -0.15) is 44.5 Å². The van der Waals surface area contributed by atoms with Crippen LogP contribution in [0.5, 0.6) is 5.88 Å². The number of hydrogen-bond donors (Lipinski definition) is 4. The summed E-state index contributed by atoms with van der Waals surface area (Å²) in [5, 5.41) is 15.8. The maximum Gasteiger partial charge on any atom is 0.423 e. The second-order valence-corrected chi connectivity index (χ2v) is 11.1. The largest absolute Gasteiger partial charge is 0.471 e. The number of halogens is 11. The molecule has 1 atom stereocenters. The van der Waals surface area contributed by atoms with Crippen molar-refractivity contribution in [2.75, 3.05) is 11.9 Å². The van der Waals surface area contributed by atoms with Crippen LogP contribution in [0.4, 0.5) is 59.9 Å². The van der Waals surface area contributed by atoms with E-state index in [1.165, 1.54) is 7.05 Å². The lowest BCUT2D eigenvalue weighted by Gasteiger charge is -2.30. The summed E-state index contributed by atoms with van der Waals surface area (Å²) in [5.74, 6) is -5.27. The summed E-state index contributed by atoms with van der Waals surface area (Å²) in [6.45, 7) is -1.93. The number of pyridine rings is 1. The third-order valence-electron chi connectivity index (χ3n) is 7.59. The van der Waals surface area contributed by atoms with Gasteiger partial charge in [0.1, 0.15) is 11.1 Å². The normalized spacial score (nSPS) is 18.0. The number of aryl methyl sites for hydroxylation is 1. The zero-order valence-electron chi connectivity index (χ0n) is 25.0. The van der Waals surface area contributed by atoms with Crippen molar-refractivity contribution in [1.29, 1.82) is 0 Å². The molecule has 3 aromatic rings. The molecule has 1 aromatic carbocycles. The summed E-state index contributed by atoms with van der Waals surface area (Å²) >= 11 is 0. The first-order chi connectivity index (χ1) is 22.6. The molecule has 4 rings (SSSR count). The highest BCUT2D eigenvalue weighted by Gasteiger charge is 2.44. The van der Waals surface area contributed by atoms with Crippen LogP contribution in [0.3, 0.4) is 0 Å². The van der Waals surface area contributed by atoms with E-state index >= 15 is 0 Å². The Morgan fingerprint density at radius 3 is 2.22 bits per heavy atom. The average molecular weight is 721 g/mol. The minimum absolute atomic E-state index is 0.0241. The fraction of sp³-hybridized carbons (Fsp3) is 0.500. The molecular formula is C28H27F11N6O4. The zero-order valence-corrected chi connectivity index (χ0v) is 25.0. The van der Waals surface area contributed by atoms with E-state index in [4.69, 9.17) is 9.84 Å². The molecule has 270 valence electrons. The highest BCUT2D eigenvalue weighted by molar-refractivity contribution is 5.99. The number of aliphatic hydroxyl groups excluding tert-OH is 1. The molecule has 1 aliphatic rings. The molecular weight excluding hydrogens is 693 g/mol. The van der Waals surface area contributed by atoms with Gasteiger partial charge in [-0.05, 0) is 49.4 Å². The summed E-state index contributed by atoms with van der Waals surface area (Å²) < 4.78 is 151. The van der Waals surface area contributed by atoms with Crippen molar-refractivity contribution in [3.05, 3.63) is 41.0 Å². The van der Waals surface area contributed by atoms with Gasteiger partial charge in [-0.3, -0.25) is 14.2 Å². The molecule has 4 N–H and O–H groups in total. The number of anilines is 2. The average Bonchev–Trinajstić information content (AvgIpc) is 3.30. The number of carbonyl (C=O) groups is 2. The van der Waals surface area contributed by atoms with Crippen LogP contribution in [0.2, 0.25) is 0 Å². The summed E-state index contributed by atoms with van der Waals surface area (Å²) in [6, 6.07) is 2.65. The third kappa shape index (κ3) is 9.18. The van der Waals surface area contributed by atoms with E-state index < -0.39 is 90.7 Å². The zero-order chi connectivity index (χ0) is 36.5. The van der Waals surface area contributed by atoms with Crippen LogP contribution < -0.4 is 20.7 Å². The maximum absolute atomic E-state index is 13.9. The Balaban J connectivity index is 1.63. The predicted molar refractivity (Wildman–Crippen MR) is 148 cm³/mol. The number of rotatable bonds is 10. The molecule has 1 fully saturated rings. The van der Waals surface area contributed by atoms with Crippen LogP contribution in [0.1, 0.15) is 47.2 Å². The predicted octanol–water partition coefficient (Wildman–Crippen LogP) is 5.76. The van der Waals surface area contributed by atoms with Crippen molar-refractivity contribution in [3.8, 4) is 5.88 Å². The number of hydrogen-bond acceptors (Lipinski definition) is 7. The monoisotopic (exact) mass is 720 g/mol. The van der Waals surface area contributed by atoms with Crippen LogP contribution in [0.25, 0.3) is 11.2 Å². The standard InChI is InChI=1S/C28H27F11N6O4/c1-45-21-18(9-15(24(44-21)49-11-19(29)30)22(47)41-14-5-3-13(4-6-14)26(31,32)33)43-25(45)42-17-8-12(2-7-16(17)27(34,35)36)10-40-23(48)20(46)28(37,38)39/h2,7-9,13-14,19-20,46H,3-6,10-11H2,1H3,(H,40,48)(H,41,47)(H,42,43)/t13-,14-,20?. The van der Waals surface area contributed by atoms with Crippen LogP contribution in [-0.4, -0.2) is 69.0 Å². The number of alkyl halides is 11. The van der Waals surface area contributed by atoms with Crippen molar-refractivity contribution < 1.29 is 67.7 Å². The van der Waals surface area contributed by atoms with Crippen LogP contribution in [0.15, 0.2) is 24.3 Å². The van der Waals surface area contributed by atoms with Gasteiger partial charge in [0.05, 0.1) is 17.2 Å². The molecule has 0 aliphatic heterocycles. The van der Waals surface area contributed by atoms with Gasteiger partial charge < -0.3 is 25.8 Å². The summed E-state index contributed by atoms with van der Waals surface area (Å²) in [5.41, 5.74) is -2.80. The fourth-order valence-electron chi connectivity index (χ4n) is 5.06. The molecule has 0 spiro atoms. The molecule has 21 heteroatoms. The number of imidazole rings is 1. The molecule has 1 aliphatic carbocycles.